The highest BCUT2D eigenvalue weighted by Gasteiger charge is 2.36. The number of amides is 4. The Kier molecular flexibility index (Phi) is 10.5. The van der Waals surface area contributed by atoms with Gasteiger partial charge in [-0.15, -0.1) is 6.58 Å². The summed E-state index contributed by atoms with van der Waals surface area (Å²) in [6.07, 6.45) is 5.34. The molecule has 0 saturated carbocycles. The lowest BCUT2D eigenvalue weighted by molar-refractivity contribution is -0.130. The molecule has 0 atom stereocenters. The van der Waals surface area contributed by atoms with Crippen LogP contribution in [0.3, 0.4) is 0 Å². The monoisotopic (exact) mass is 536 g/mol. The molecule has 0 aromatic heterocycles. The largest absolute Gasteiger partial charge is 0.493 e. The number of allylic oxidation sites excluding steroid dienone is 1. The van der Waals surface area contributed by atoms with Crippen molar-refractivity contribution in [2.75, 3.05) is 26.9 Å². The summed E-state index contributed by atoms with van der Waals surface area (Å²) in [7, 11) is 1.52. The third-order valence-corrected chi connectivity index (χ3v) is 5.80. The minimum Gasteiger partial charge on any atom is -0.493 e. The van der Waals surface area contributed by atoms with Gasteiger partial charge in [0.05, 0.1) is 33.5 Å². The van der Waals surface area contributed by atoms with E-state index in [2.05, 4.69) is 11.9 Å². The molecule has 1 N–H and O–H groups in total. The molecule has 1 aliphatic heterocycles. The first-order chi connectivity index (χ1) is 18.9. The second kappa shape index (κ2) is 14.0. The molecule has 2 aromatic carbocycles. The van der Waals surface area contributed by atoms with Crippen LogP contribution in [0.1, 0.15) is 50.3 Å². The highest BCUT2D eigenvalue weighted by Crippen LogP contribution is 2.35. The third kappa shape index (κ3) is 7.19. The quantitative estimate of drug-likeness (QED) is 0.204. The van der Waals surface area contributed by atoms with E-state index in [9.17, 15) is 14.4 Å². The molecule has 4 amide bonds. The maximum Gasteiger partial charge on any atom is 0.331 e. The van der Waals surface area contributed by atoms with Gasteiger partial charge in [-0.25, -0.2) is 4.79 Å². The lowest BCUT2D eigenvalue weighted by atomic mass is 10.0. The average Bonchev–Trinajstić information content (AvgIpc) is 2.92. The molecule has 3 rings (SSSR count). The Balaban J connectivity index is 1.94. The topological polar surface area (TPSA) is 103 Å². The van der Waals surface area contributed by atoms with Crippen molar-refractivity contribution in [1.82, 2.24) is 10.2 Å². The van der Waals surface area contributed by atoms with Gasteiger partial charge in [-0.05, 0) is 67.7 Å². The summed E-state index contributed by atoms with van der Waals surface area (Å²) >= 11 is 0. The molecular weight excluding hydrogens is 500 g/mol. The zero-order valence-electron chi connectivity index (χ0n) is 23.0. The van der Waals surface area contributed by atoms with Crippen molar-refractivity contribution in [3.05, 3.63) is 65.3 Å². The molecule has 0 unspecified atom stereocenters. The maximum absolute atomic E-state index is 13.4. The SMILES string of the molecule is C=CCc1cc(/C=C2\C(=O)NC(=O)N(Cc3ccc(OCCC)c(OCC)c3)C2=O)cc(OC)c1OCCC. The van der Waals surface area contributed by atoms with Crippen LogP contribution in [0.15, 0.2) is 48.6 Å². The van der Waals surface area contributed by atoms with Crippen LogP contribution in [0, 0.1) is 0 Å². The molecule has 1 heterocycles. The lowest BCUT2D eigenvalue weighted by Crippen LogP contribution is -2.53. The van der Waals surface area contributed by atoms with Gasteiger partial charge in [0.2, 0.25) is 0 Å². The van der Waals surface area contributed by atoms with Crippen LogP contribution in [0.25, 0.3) is 6.08 Å². The van der Waals surface area contributed by atoms with Gasteiger partial charge in [-0.2, -0.15) is 0 Å². The molecule has 0 bridgehead atoms. The van der Waals surface area contributed by atoms with Crippen molar-refractivity contribution in [2.24, 2.45) is 0 Å². The van der Waals surface area contributed by atoms with Gasteiger partial charge in [0.25, 0.3) is 11.8 Å². The van der Waals surface area contributed by atoms with Crippen molar-refractivity contribution in [2.45, 2.75) is 46.6 Å². The first-order valence-electron chi connectivity index (χ1n) is 13.1. The van der Waals surface area contributed by atoms with Gasteiger partial charge in [-0.3, -0.25) is 19.8 Å². The van der Waals surface area contributed by atoms with Crippen LogP contribution >= 0.6 is 0 Å². The van der Waals surface area contributed by atoms with E-state index in [0.29, 0.717) is 60.4 Å². The smallest absolute Gasteiger partial charge is 0.331 e. The van der Waals surface area contributed by atoms with Gasteiger partial charge in [-0.1, -0.05) is 26.0 Å². The Morgan fingerprint density at radius 2 is 1.67 bits per heavy atom. The molecule has 0 radical (unpaired) electrons. The van der Waals surface area contributed by atoms with Gasteiger partial charge in [0.15, 0.2) is 23.0 Å². The molecule has 39 heavy (non-hydrogen) atoms. The summed E-state index contributed by atoms with van der Waals surface area (Å²) in [6.45, 7) is 11.1. The van der Waals surface area contributed by atoms with Crippen molar-refractivity contribution < 1.29 is 33.3 Å². The van der Waals surface area contributed by atoms with Gasteiger partial charge in [0, 0.05) is 5.56 Å². The number of carbonyl (C=O) groups is 3. The van der Waals surface area contributed by atoms with Crippen LogP contribution < -0.4 is 24.3 Å². The molecule has 0 spiro atoms. The predicted molar refractivity (Wildman–Crippen MR) is 148 cm³/mol. The van der Waals surface area contributed by atoms with Gasteiger partial charge in [0.1, 0.15) is 5.57 Å². The molecular formula is C30H36N2O7. The molecule has 2 aromatic rings. The number of barbiturate groups is 1. The van der Waals surface area contributed by atoms with Crippen LogP contribution in [0.2, 0.25) is 0 Å². The normalized spacial score (nSPS) is 14.3. The Bertz CT molecular complexity index is 1250. The fourth-order valence-electron chi connectivity index (χ4n) is 4.03. The Labute approximate surface area is 229 Å². The average molecular weight is 537 g/mol. The number of nitrogens with one attached hydrogen (secondary N) is 1. The summed E-state index contributed by atoms with van der Waals surface area (Å²) in [5, 5.41) is 2.27. The van der Waals surface area contributed by atoms with E-state index < -0.39 is 17.8 Å². The number of hydrogen-bond donors (Lipinski definition) is 1. The van der Waals surface area contributed by atoms with Crippen LogP contribution in [0.4, 0.5) is 4.79 Å². The van der Waals surface area contributed by atoms with Crippen molar-refractivity contribution >= 4 is 23.9 Å². The van der Waals surface area contributed by atoms with E-state index in [1.807, 2.05) is 26.8 Å². The highest BCUT2D eigenvalue weighted by molar-refractivity contribution is 6.31. The molecule has 0 aliphatic carbocycles. The molecule has 1 fully saturated rings. The number of rotatable bonds is 14. The summed E-state index contributed by atoms with van der Waals surface area (Å²) in [6, 6.07) is 7.95. The summed E-state index contributed by atoms with van der Waals surface area (Å²) in [4.78, 5) is 39.8. The summed E-state index contributed by atoms with van der Waals surface area (Å²) < 4.78 is 22.9. The van der Waals surface area contributed by atoms with E-state index in [4.69, 9.17) is 18.9 Å². The van der Waals surface area contributed by atoms with E-state index in [0.717, 1.165) is 23.3 Å². The maximum atomic E-state index is 13.4. The second-order valence-electron chi connectivity index (χ2n) is 8.82. The number of urea groups is 1. The molecule has 1 aliphatic rings. The number of carbonyl (C=O) groups excluding carboxylic acids is 3. The molecule has 1 saturated heterocycles. The van der Waals surface area contributed by atoms with E-state index in [-0.39, 0.29) is 12.1 Å². The molecule has 9 nitrogen and oxygen atoms in total. The standard InChI is InChI=1S/C30H36N2O7/c1-6-10-22-15-21(18-26(36-5)27(22)39-14-8-3)16-23-28(33)31-30(35)32(29(23)34)19-20-11-12-24(38-13-7-2)25(17-20)37-9-4/h6,11-12,15-18H,1,7-10,13-14,19H2,2-5H3,(H,31,33,35)/b23-16+. The van der Waals surface area contributed by atoms with Gasteiger partial charge >= 0.3 is 6.03 Å². The van der Waals surface area contributed by atoms with Gasteiger partial charge < -0.3 is 18.9 Å². The Hall–Kier alpha value is -4.27. The minimum absolute atomic E-state index is 0.0573. The van der Waals surface area contributed by atoms with E-state index in [1.165, 1.54) is 13.2 Å². The number of imide groups is 2. The van der Waals surface area contributed by atoms with E-state index in [1.54, 1.807) is 30.3 Å². The first-order valence-corrected chi connectivity index (χ1v) is 13.1. The molecule has 208 valence electrons. The second-order valence-corrected chi connectivity index (χ2v) is 8.82. The van der Waals surface area contributed by atoms with Crippen molar-refractivity contribution in [1.29, 1.82) is 0 Å². The number of methoxy groups -OCH3 is 1. The third-order valence-electron chi connectivity index (χ3n) is 5.80. The number of nitrogens with zero attached hydrogens (tertiary/aromatic N) is 1. The van der Waals surface area contributed by atoms with Crippen LogP contribution in [-0.4, -0.2) is 49.7 Å². The fourth-order valence-corrected chi connectivity index (χ4v) is 4.03. The number of hydrogen-bond acceptors (Lipinski definition) is 7. The Morgan fingerprint density at radius 3 is 2.33 bits per heavy atom. The Morgan fingerprint density at radius 1 is 0.923 bits per heavy atom. The van der Waals surface area contributed by atoms with Crippen molar-refractivity contribution in [3.8, 4) is 23.0 Å². The zero-order valence-corrected chi connectivity index (χ0v) is 23.0. The fraction of sp³-hybridized carbons (Fsp3) is 0.367. The highest BCUT2D eigenvalue weighted by atomic mass is 16.5. The number of benzene rings is 2. The lowest BCUT2D eigenvalue weighted by Gasteiger charge is -2.27. The predicted octanol–water partition coefficient (Wildman–Crippen LogP) is 5.06. The minimum atomic E-state index is -0.792. The van der Waals surface area contributed by atoms with Crippen molar-refractivity contribution in [3.63, 3.8) is 0 Å². The van der Waals surface area contributed by atoms with Crippen LogP contribution in [-0.2, 0) is 22.6 Å². The summed E-state index contributed by atoms with van der Waals surface area (Å²) in [5.41, 5.74) is 1.83. The number of ether oxygens (including phenoxy) is 4. The zero-order chi connectivity index (χ0) is 28.4. The van der Waals surface area contributed by atoms with E-state index >= 15 is 0 Å². The molecule has 9 heteroatoms. The van der Waals surface area contributed by atoms with Crippen LogP contribution in [0.5, 0.6) is 23.0 Å². The summed E-state index contributed by atoms with van der Waals surface area (Å²) in [5.74, 6) is 0.698. The first kappa shape index (κ1) is 29.3.